The molecule has 1 aliphatic rings. The topological polar surface area (TPSA) is 70.7 Å². The summed E-state index contributed by atoms with van der Waals surface area (Å²) in [5.41, 5.74) is -0.120. The molecular formula is C14H24N4O. The van der Waals surface area contributed by atoms with Crippen LogP contribution in [0.25, 0.3) is 0 Å². The summed E-state index contributed by atoms with van der Waals surface area (Å²) in [4.78, 5) is 16.3. The fraction of sp³-hybridized carbons (Fsp3) is 0.786. The third-order valence-electron chi connectivity index (χ3n) is 3.96. The lowest BCUT2D eigenvalue weighted by Crippen LogP contribution is -2.31. The van der Waals surface area contributed by atoms with Gasteiger partial charge in [-0.2, -0.15) is 0 Å². The highest BCUT2D eigenvalue weighted by Gasteiger charge is 2.25. The van der Waals surface area contributed by atoms with Crippen LogP contribution in [0.3, 0.4) is 0 Å². The van der Waals surface area contributed by atoms with E-state index < -0.39 is 0 Å². The third-order valence-corrected chi connectivity index (χ3v) is 3.96. The molecule has 0 radical (unpaired) electrons. The fourth-order valence-electron chi connectivity index (χ4n) is 2.53. The summed E-state index contributed by atoms with van der Waals surface area (Å²) < 4.78 is 0. The minimum absolute atomic E-state index is 0.120. The Bertz CT molecular complexity index is 447. The van der Waals surface area contributed by atoms with E-state index in [1.54, 1.807) is 0 Å². The summed E-state index contributed by atoms with van der Waals surface area (Å²) in [5.74, 6) is 2.12. The van der Waals surface area contributed by atoms with Crippen LogP contribution in [-0.2, 0) is 5.41 Å². The van der Waals surface area contributed by atoms with Crippen LogP contribution in [-0.4, -0.2) is 27.6 Å². The van der Waals surface area contributed by atoms with Crippen LogP contribution in [0.5, 0.6) is 0 Å². The Hall–Kier alpha value is -1.39. The zero-order chi connectivity index (χ0) is 14.0. The summed E-state index contributed by atoms with van der Waals surface area (Å²) in [5, 5.41) is 9.79. The van der Waals surface area contributed by atoms with Crippen molar-refractivity contribution in [1.82, 2.24) is 20.5 Å². The van der Waals surface area contributed by atoms with Gasteiger partial charge >= 0.3 is 0 Å². The van der Waals surface area contributed by atoms with Gasteiger partial charge in [0, 0.05) is 12.0 Å². The number of amides is 1. The van der Waals surface area contributed by atoms with Crippen LogP contribution < -0.4 is 5.32 Å². The fourth-order valence-corrected chi connectivity index (χ4v) is 2.53. The molecule has 0 saturated heterocycles. The molecule has 1 saturated carbocycles. The van der Waals surface area contributed by atoms with E-state index in [1.165, 1.54) is 19.3 Å². The van der Waals surface area contributed by atoms with Crippen molar-refractivity contribution in [1.29, 1.82) is 0 Å². The van der Waals surface area contributed by atoms with Crippen molar-refractivity contribution in [3.05, 3.63) is 11.6 Å². The zero-order valence-electron chi connectivity index (χ0n) is 12.3. The number of aromatic amines is 1. The van der Waals surface area contributed by atoms with Gasteiger partial charge < -0.3 is 5.32 Å². The van der Waals surface area contributed by atoms with E-state index in [0.29, 0.717) is 11.8 Å². The van der Waals surface area contributed by atoms with E-state index in [0.717, 1.165) is 12.4 Å². The van der Waals surface area contributed by atoms with Crippen molar-refractivity contribution in [2.24, 2.45) is 11.8 Å². The number of hydrogen-bond donors (Lipinski definition) is 2. The maximum absolute atomic E-state index is 12.0. The highest BCUT2D eigenvalue weighted by molar-refractivity contribution is 5.90. The smallest absolute Gasteiger partial charge is 0.290 e. The van der Waals surface area contributed by atoms with Crippen LogP contribution >= 0.6 is 0 Å². The lowest BCUT2D eigenvalue weighted by molar-refractivity contribution is 0.0934. The number of nitrogens with zero attached hydrogens (tertiary/aromatic N) is 2. The SMILES string of the molecule is CC1CCCC1CNC(=O)c1n[nH]c(C(C)(C)C)n1. The van der Waals surface area contributed by atoms with E-state index in [4.69, 9.17) is 0 Å². The summed E-state index contributed by atoms with van der Waals surface area (Å²) in [6, 6.07) is 0. The van der Waals surface area contributed by atoms with E-state index in [9.17, 15) is 4.79 Å². The van der Waals surface area contributed by atoms with Crippen LogP contribution in [0.2, 0.25) is 0 Å². The maximum atomic E-state index is 12.0. The van der Waals surface area contributed by atoms with Gasteiger partial charge in [0.25, 0.3) is 5.91 Å². The number of nitrogens with one attached hydrogen (secondary N) is 2. The van der Waals surface area contributed by atoms with E-state index in [-0.39, 0.29) is 17.1 Å². The predicted octanol–water partition coefficient (Wildman–Crippen LogP) is 2.27. The lowest BCUT2D eigenvalue weighted by atomic mass is 9.96. The second-order valence-corrected chi connectivity index (χ2v) is 6.64. The Morgan fingerprint density at radius 3 is 2.68 bits per heavy atom. The molecule has 106 valence electrons. The minimum atomic E-state index is -0.175. The first-order chi connectivity index (χ1) is 8.88. The van der Waals surface area contributed by atoms with Gasteiger partial charge in [0.05, 0.1) is 0 Å². The number of hydrogen-bond acceptors (Lipinski definition) is 3. The number of carbonyl (C=O) groups is 1. The van der Waals surface area contributed by atoms with Crippen molar-refractivity contribution in [3.63, 3.8) is 0 Å². The van der Waals surface area contributed by atoms with Crippen LogP contribution in [0.15, 0.2) is 0 Å². The Balaban J connectivity index is 1.91. The summed E-state index contributed by atoms with van der Waals surface area (Å²) in [7, 11) is 0. The first kappa shape index (κ1) is 14.0. The molecule has 2 atom stereocenters. The highest BCUT2D eigenvalue weighted by Crippen LogP contribution is 2.30. The molecule has 0 spiro atoms. The Morgan fingerprint density at radius 1 is 1.42 bits per heavy atom. The quantitative estimate of drug-likeness (QED) is 0.879. The normalized spacial score (nSPS) is 23.6. The molecule has 2 unspecified atom stereocenters. The van der Waals surface area contributed by atoms with Crippen molar-refractivity contribution >= 4 is 5.91 Å². The van der Waals surface area contributed by atoms with Gasteiger partial charge in [-0.15, -0.1) is 5.10 Å². The molecule has 1 fully saturated rings. The average Bonchev–Trinajstić information content (AvgIpc) is 2.93. The first-order valence-corrected chi connectivity index (χ1v) is 7.09. The molecule has 0 aromatic carbocycles. The van der Waals surface area contributed by atoms with E-state index >= 15 is 0 Å². The van der Waals surface area contributed by atoms with Gasteiger partial charge in [-0.25, -0.2) is 4.98 Å². The molecule has 1 amide bonds. The predicted molar refractivity (Wildman–Crippen MR) is 73.9 cm³/mol. The second-order valence-electron chi connectivity index (χ2n) is 6.64. The van der Waals surface area contributed by atoms with Gasteiger partial charge in [-0.1, -0.05) is 40.5 Å². The van der Waals surface area contributed by atoms with Crippen LogP contribution in [0.4, 0.5) is 0 Å². The molecule has 2 rings (SSSR count). The standard InChI is InChI=1S/C14H24N4O/c1-9-6-5-7-10(9)8-15-12(19)11-16-13(18-17-11)14(2,3)4/h9-10H,5-8H2,1-4H3,(H,15,19)(H,16,17,18). The lowest BCUT2D eigenvalue weighted by Gasteiger charge is -2.15. The molecule has 5 heteroatoms. The number of carbonyl (C=O) groups excluding carboxylic acids is 1. The average molecular weight is 264 g/mol. The summed E-state index contributed by atoms with van der Waals surface area (Å²) in [6.45, 7) is 9.11. The Labute approximate surface area is 114 Å². The van der Waals surface area contributed by atoms with Crippen LogP contribution in [0, 0.1) is 11.8 Å². The van der Waals surface area contributed by atoms with E-state index in [2.05, 4.69) is 27.4 Å². The largest absolute Gasteiger partial charge is 0.349 e. The number of H-pyrrole nitrogens is 1. The molecule has 1 aromatic rings. The first-order valence-electron chi connectivity index (χ1n) is 7.09. The molecule has 1 aromatic heterocycles. The van der Waals surface area contributed by atoms with Crippen molar-refractivity contribution in [3.8, 4) is 0 Å². The monoisotopic (exact) mass is 264 g/mol. The van der Waals surface area contributed by atoms with Crippen LogP contribution in [0.1, 0.15) is 63.4 Å². The summed E-state index contributed by atoms with van der Waals surface area (Å²) in [6.07, 6.45) is 3.76. The second kappa shape index (κ2) is 5.31. The molecule has 1 aliphatic carbocycles. The molecule has 19 heavy (non-hydrogen) atoms. The van der Waals surface area contributed by atoms with Gasteiger partial charge in [0.15, 0.2) is 0 Å². The molecular weight excluding hydrogens is 240 g/mol. The van der Waals surface area contributed by atoms with Crippen molar-refractivity contribution in [2.75, 3.05) is 6.54 Å². The number of rotatable bonds is 3. The van der Waals surface area contributed by atoms with Gasteiger partial charge in [-0.05, 0) is 18.3 Å². The molecule has 2 N–H and O–H groups in total. The van der Waals surface area contributed by atoms with Gasteiger partial charge in [0.2, 0.25) is 5.82 Å². The van der Waals surface area contributed by atoms with Gasteiger partial charge in [-0.3, -0.25) is 9.89 Å². The molecule has 0 aliphatic heterocycles. The molecule has 0 bridgehead atoms. The molecule has 1 heterocycles. The Kier molecular flexibility index (Phi) is 3.92. The number of aromatic nitrogens is 3. The Morgan fingerprint density at radius 2 is 2.16 bits per heavy atom. The molecule has 5 nitrogen and oxygen atoms in total. The highest BCUT2D eigenvalue weighted by atomic mass is 16.2. The minimum Gasteiger partial charge on any atom is -0.349 e. The third kappa shape index (κ3) is 3.33. The van der Waals surface area contributed by atoms with Crippen molar-refractivity contribution in [2.45, 2.75) is 52.4 Å². The van der Waals surface area contributed by atoms with Gasteiger partial charge in [0.1, 0.15) is 5.82 Å². The zero-order valence-corrected chi connectivity index (χ0v) is 12.3. The van der Waals surface area contributed by atoms with Crippen molar-refractivity contribution < 1.29 is 4.79 Å². The summed E-state index contributed by atoms with van der Waals surface area (Å²) >= 11 is 0. The maximum Gasteiger partial charge on any atom is 0.290 e. The van der Waals surface area contributed by atoms with E-state index in [1.807, 2.05) is 20.8 Å².